The maximum absolute atomic E-state index is 12.6. The fraction of sp³-hybridized carbons (Fsp3) is 0.211. The Hall–Kier alpha value is -3.35. The van der Waals surface area contributed by atoms with Gasteiger partial charge in [-0.3, -0.25) is 10.1 Å². The number of aromatic carboxylic acids is 1. The minimum absolute atomic E-state index is 0.0292. The Kier molecular flexibility index (Phi) is 5.61. The summed E-state index contributed by atoms with van der Waals surface area (Å²) in [6, 6.07) is 12.4. The number of amides is 2. The van der Waals surface area contributed by atoms with E-state index in [-0.39, 0.29) is 22.5 Å². The van der Waals surface area contributed by atoms with Gasteiger partial charge in [0.2, 0.25) is 0 Å². The second-order valence-corrected chi connectivity index (χ2v) is 6.48. The van der Waals surface area contributed by atoms with E-state index in [2.05, 4.69) is 10.6 Å². The second-order valence-electron chi connectivity index (χ2n) is 6.48. The van der Waals surface area contributed by atoms with Gasteiger partial charge >= 0.3 is 12.1 Å². The number of nitrogens with one attached hydrogen (secondary N) is 2. The van der Waals surface area contributed by atoms with Gasteiger partial charge in [-0.15, -0.1) is 0 Å². The van der Waals surface area contributed by atoms with Gasteiger partial charge < -0.3 is 15.2 Å². The molecule has 0 aromatic heterocycles. The molecule has 7 heteroatoms. The molecule has 7 nitrogen and oxygen atoms in total. The van der Waals surface area contributed by atoms with Crippen molar-refractivity contribution in [2.45, 2.75) is 26.4 Å². The van der Waals surface area contributed by atoms with Crippen LogP contribution in [0.5, 0.6) is 0 Å². The maximum Gasteiger partial charge on any atom is 0.412 e. The molecule has 0 fully saturated rings. The Labute approximate surface area is 151 Å². The molecule has 26 heavy (non-hydrogen) atoms. The van der Waals surface area contributed by atoms with E-state index in [1.165, 1.54) is 18.2 Å². The van der Waals surface area contributed by atoms with Crippen molar-refractivity contribution in [2.75, 3.05) is 10.6 Å². The number of carboxylic acid groups (broad SMARTS) is 1. The number of hydrogen-bond donors (Lipinski definition) is 3. The van der Waals surface area contributed by atoms with Gasteiger partial charge in [0, 0.05) is 0 Å². The third-order valence-electron chi connectivity index (χ3n) is 3.21. The molecule has 2 rings (SSSR count). The molecule has 2 aromatic carbocycles. The lowest BCUT2D eigenvalue weighted by Gasteiger charge is -2.20. The summed E-state index contributed by atoms with van der Waals surface area (Å²) in [6.07, 6.45) is -0.691. The smallest absolute Gasteiger partial charge is 0.412 e. The Morgan fingerprint density at radius 2 is 1.35 bits per heavy atom. The Balaban J connectivity index is 2.23. The highest BCUT2D eigenvalue weighted by atomic mass is 16.6. The molecule has 0 aliphatic carbocycles. The van der Waals surface area contributed by atoms with Crippen molar-refractivity contribution in [3.05, 3.63) is 59.7 Å². The molecule has 0 atom stereocenters. The molecule has 0 aliphatic heterocycles. The van der Waals surface area contributed by atoms with Gasteiger partial charge in [-0.2, -0.15) is 0 Å². The quantitative estimate of drug-likeness (QED) is 0.768. The summed E-state index contributed by atoms with van der Waals surface area (Å²) < 4.78 is 5.19. The number of para-hydroxylation sites is 2. The number of ether oxygens (including phenoxy) is 1. The van der Waals surface area contributed by atoms with Gasteiger partial charge in [-0.05, 0) is 45.0 Å². The van der Waals surface area contributed by atoms with Crippen LogP contribution in [0.3, 0.4) is 0 Å². The Bertz CT molecular complexity index is 840. The lowest BCUT2D eigenvalue weighted by molar-refractivity contribution is 0.0634. The predicted molar refractivity (Wildman–Crippen MR) is 97.7 cm³/mol. The number of benzene rings is 2. The largest absolute Gasteiger partial charge is 0.478 e. The molecule has 2 amide bonds. The first-order valence-electron chi connectivity index (χ1n) is 7.90. The van der Waals surface area contributed by atoms with Crippen molar-refractivity contribution in [1.29, 1.82) is 0 Å². The van der Waals surface area contributed by atoms with Gasteiger partial charge in [0.1, 0.15) is 5.60 Å². The molecule has 0 aliphatic rings. The van der Waals surface area contributed by atoms with Crippen molar-refractivity contribution in [1.82, 2.24) is 0 Å². The molecule has 3 N–H and O–H groups in total. The molecule has 136 valence electrons. The van der Waals surface area contributed by atoms with Crippen LogP contribution in [0.4, 0.5) is 16.2 Å². The summed E-state index contributed by atoms with van der Waals surface area (Å²) >= 11 is 0. The number of anilines is 2. The van der Waals surface area contributed by atoms with Gasteiger partial charge in [0.05, 0.1) is 22.5 Å². The van der Waals surface area contributed by atoms with E-state index < -0.39 is 23.6 Å². The van der Waals surface area contributed by atoms with Gasteiger partial charge in [-0.1, -0.05) is 24.3 Å². The summed E-state index contributed by atoms with van der Waals surface area (Å²) in [5.74, 6) is -1.70. The summed E-state index contributed by atoms with van der Waals surface area (Å²) in [5, 5.41) is 14.3. The zero-order valence-corrected chi connectivity index (χ0v) is 14.7. The maximum atomic E-state index is 12.6. The zero-order chi connectivity index (χ0) is 19.3. The first kappa shape index (κ1) is 19.0. The fourth-order valence-corrected chi connectivity index (χ4v) is 2.17. The van der Waals surface area contributed by atoms with Crippen LogP contribution in [0, 0.1) is 0 Å². The van der Waals surface area contributed by atoms with Gasteiger partial charge in [-0.25, -0.2) is 9.59 Å². The molecule has 0 heterocycles. The van der Waals surface area contributed by atoms with Crippen molar-refractivity contribution < 1.29 is 24.2 Å². The van der Waals surface area contributed by atoms with Crippen molar-refractivity contribution in [2.24, 2.45) is 0 Å². The number of carboxylic acids is 1. The van der Waals surface area contributed by atoms with Crippen LogP contribution in [0.2, 0.25) is 0 Å². The highest BCUT2D eigenvalue weighted by Crippen LogP contribution is 2.21. The first-order chi connectivity index (χ1) is 12.2. The number of carbonyl (C=O) groups excluding carboxylic acids is 2. The van der Waals surface area contributed by atoms with E-state index in [1.54, 1.807) is 51.1 Å². The average molecular weight is 356 g/mol. The highest BCUT2D eigenvalue weighted by Gasteiger charge is 2.19. The van der Waals surface area contributed by atoms with E-state index in [9.17, 15) is 19.5 Å². The van der Waals surface area contributed by atoms with E-state index in [0.717, 1.165) is 0 Å². The Morgan fingerprint density at radius 1 is 0.846 bits per heavy atom. The SMILES string of the molecule is CC(C)(C)OC(=O)Nc1ccccc1C(=O)Nc1ccccc1C(=O)O. The van der Waals surface area contributed by atoms with Crippen molar-refractivity contribution in [3.8, 4) is 0 Å². The minimum Gasteiger partial charge on any atom is -0.478 e. The number of rotatable bonds is 4. The first-order valence-corrected chi connectivity index (χ1v) is 7.90. The predicted octanol–water partition coefficient (Wildman–Crippen LogP) is 3.98. The van der Waals surface area contributed by atoms with Crippen LogP contribution < -0.4 is 10.6 Å². The average Bonchev–Trinajstić information content (AvgIpc) is 2.53. The van der Waals surface area contributed by atoms with Crippen LogP contribution in [0.15, 0.2) is 48.5 Å². The lowest BCUT2D eigenvalue weighted by Crippen LogP contribution is -2.28. The van der Waals surface area contributed by atoms with Crippen LogP contribution in [0.1, 0.15) is 41.5 Å². The van der Waals surface area contributed by atoms with Crippen LogP contribution in [-0.4, -0.2) is 28.7 Å². The summed E-state index contributed by atoms with van der Waals surface area (Å²) in [6.45, 7) is 5.19. The number of carbonyl (C=O) groups is 3. The molecule has 0 bridgehead atoms. The van der Waals surface area contributed by atoms with Gasteiger partial charge in [0.25, 0.3) is 5.91 Å². The lowest BCUT2D eigenvalue weighted by atomic mass is 10.1. The standard InChI is InChI=1S/C19H20N2O5/c1-19(2,3)26-18(25)21-14-10-6-4-8-12(14)16(22)20-15-11-7-5-9-13(15)17(23)24/h4-11H,1-3H3,(H,20,22)(H,21,25)(H,23,24). The highest BCUT2D eigenvalue weighted by molar-refractivity contribution is 6.11. The normalized spacial score (nSPS) is 10.7. The van der Waals surface area contributed by atoms with E-state index in [1.807, 2.05) is 0 Å². The monoisotopic (exact) mass is 356 g/mol. The summed E-state index contributed by atoms with van der Waals surface area (Å²) in [7, 11) is 0. The number of hydrogen-bond acceptors (Lipinski definition) is 4. The van der Waals surface area contributed by atoms with Crippen molar-refractivity contribution >= 4 is 29.3 Å². The third kappa shape index (κ3) is 5.07. The van der Waals surface area contributed by atoms with E-state index in [4.69, 9.17) is 4.74 Å². The molecule has 0 saturated carbocycles. The molecule has 2 aromatic rings. The second kappa shape index (κ2) is 7.69. The topological polar surface area (TPSA) is 105 Å². The summed E-state index contributed by atoms with van der Waals surface area (Å²) in [5.41, 5.74) is -0.108. The fourth-order valence-electron chi connectivity index (χ4n) is 2.17. The van der Waals surface area contributed by atoms with Crippen LogP contribution in [0.25, 0.3) is 0 Å². The van der Waals surface area contributed by atoms with E-state index in [0.29, 0.717) is 0 Å². The van der Waals surface area contributed by atoms with Crippen LogP contribution >= 0.6 is 0 Å². The molecular weight excluding hydrogens is 336 g/mol. The third-order valence-corrected chi connectivity index (χ3v) is 3.21. The molecule has 0 spiro atoms. The minimum atomic E-state index is -1.15. The molecule has 0 unspecified atom stereocenters. The van der Waals surface area contributed by atoms with Crippen LogP contribution in [-0.2, 0) is 4.74 Å². The molecule has 0 saturated heterocycles. The van der Waals surface area contributed by atoms with Gasteiger partial charge in [0.15, 0.2) is 0 Å². The van der Waals surface area contributed by atoms with Crippen molar-refractivity contribution in [3.63, 3.8) is 0 Å². The Morgan fingerprint density at radius 3 is 1.88 bits per heavy atom. The molecular formula is C19H20N2O5. The zero-order valence-electron chi connectivity index (χ0n) is 14.7. The molecule has 0 radical (unpaired) electrons. The summed E-state index contributed by atoms with van der Waals surface area (Å²) in [4.78, 5) is 35.8. The van der Waals surface area contributed by atoms with E-state index >= 15 is 0 Å².